The summed E-state index contributed by atoms with van der Waals surface area (Å²) in [6.07, 6.45) is 0.912. The van der Waals surface area contributed by atoms with Gasteiger partial charge in [-0.05, 0) is 31.0 Å². The van der Waals surface area contributed by atoms with E-state index in [2.05, 4.69) is 28.5 Å². The summed E-state index contributed by atoms with van der Waals surface area (Å²) in [4.78, 5) is 7.27. The van der Waals surface area contributed by atoms with Crippen LogP contribution in [0, 0.1) is 0 Å². The van der Waals surface area contributed by atoms with Crippen LogP contribution in [0.15, 0.2) is 29.3 Å². The molecule has 0 aromatic heterocycles. The van der Waals surface area contributed by atoms with E-state index in [1.807, 2.05) is 18.2 Å². The van der Waals surface area contributed by atoms with Gasteiger partial charge in [-0.25, -0.2) is 0 Å². The van der Waals surface area contributed by atoms with Gasteiger partial charge in [0, 0.05) is 44.9 Å². The Bertz CT molecular complexity index is 603. The van der Waals surface area contributed by atoms with E-state index < -0.39 is 0 Å². The smallest absolute Gasteiger partial charge is 0.191 e. The van der Waals surface area contributed by atoms with Gasteiger partial charge in [0.15, 0.2) is 5.96 Å². The zero-order valence-electron chi connectivity index (χ0n) is 18.1. The van der Waals surface area contributed by atoms with Crippen LogP contribution < -0.4 is 10.6 Å². The molecule has 1 unspecified atom stereocenters. The van der Waals surface area contributed by atoms with Gasteiger partial charge in [-0.15, -0.1) is 24.0 Å². The molecule has 0 radical (unpaired) electrons. The second kappa shape index (κ2) is 17.0. The Hall–Kier alpha value is -0.650. The predicted molar refractivity (Wildman–Crippen MR) is 133 cm³/mol. The van der Waals surface area contributed by atoms with Crippen molar-refractivity contribution in [3.63, 3.8) is 0 Å². The van der Waals surface area contributed by atoms with Crippen molar-refractivity contribution >= 4 is 41.5 Å². The number of guanidine groups is 1. The zero-order valence-corrected chi connectivity index (χ0v) is 21.2. The molecule has 0 aliphatic carbocycles. The molecule has 9 heteroatoms. The number of aliphatic imine (C=N–C) groups is 1. The molecule has 2 rings (SSSR count). The number of hydrogen-bond acceptors (Lipinski definition) is 5. The first-order valence-electron chi connectivity index (χ1n) is 10.4. The average molecular weight is 555 g/mol. The minimum atomic E-state index is 0. The molecule has 1 aromatic rings. The Labute approximate surface area is 202 Å². The van der Waals surface area contributed by atoms with Gasteiger partial charge in [-0.3, -0.25) is 9.89 Å². The molecule has 0 saturated carbocycles. The molecule has 1 aromatic carbocycles. The van der Waals surface area contributed by atoms with Crippen LogP contribution >= 0.6 is 35.6 Å². The lowest BCUT2D eigenvalue weighted by Gasteiger charge is -2.34. The van der Waals surface area contributed by atoms with Crippen molar-refractivity contribution in [2.45, 2.75) is 19.4 Å². The van der Waals surface area contributed by atoms with E-state index >= 15 is 0 Å². The average Bonchev–Trinajstić information content (AvgIpc) is 2.74. The maximum absolute atomic E-state index is 6.25. The molecule has 1 fully saturated rings. The molecule has 30 heavy (non-hydrogen) atoms. The van der Waals surface area contributed by atoms with E-state index in [0.717, 1.165) is 56.8 Å². The topological polar surface area (TPSA) is 67.4 Å². The van der Waals surface area contributed by atoms with E-state index in [9.17, 15) is 0 Å². The van der Waals surface area contributed by atoms with Crippen LogP contribution in [0.25, 0.3) is 0 Å². The summed E-state index contributed by atoms with van der Waals surface area (Å²) in [5.74, 6) is 0.824. The summed E-state index contributed by atoms with van der Waals surface area (Å²) in [7, 11) is 1.68. The van der Waals surface area contributed by atoms with Crippen LogP contribution in [-0.4, -0.2) is 83.7 Å². The summed E-state index contributed by atoms with van der Waals surface area (Å²) in [5.41, 5.74) is 1.19. The standard InChI is InChI=1S/C21H35ClN4O3.HI/c1-3-23-21(24-8-5-11-28-15-14-27-2)25-17-20(26-9-12-29-13-10-26)18-6-4-7-19(22)16-18;/h4,6-7,16,20H,3,5,8-15,17H2,1-2H3,(H2,23,24,25);1H. The molecule has 0 bridgehead atoms. The molecule has 0 spiro atoms. The van der Waals surface area contributed by atoms with Crippen LogP contribution in [0.3, 0.4) is 0 Å². The highest BCUT2D eigenvalue weighted by atomic mass is 127. The number of ether oxygens (including phenoxy) is 3. The molecule has 1 atom stereocenters. The molecule has 2 N–H and O–H groups in total. The highest BCUT2D eigenvalue weighted by Gasteiger charge is 2.22. The fourth-order valence-corrected chi connectivity index (χ4v) is 3.38. The SMILES string of the molecule is CCNC(=NCC(c1cccc(Cl)c1)N1CCOCC1)NCCCOCCOC.I. The molecule has 172 valence electrons. The van der Waals surface area contributed by atoms with Crippen LogP contribution in [-0.2, 0) is 14.2 Å². The van der Waals surface area contributed by atoms with Gasteiger partial charge in [0.05, 0.1) is 39.0 Å². The van der Waals surface area contributed by atoms with Crippen molar-refractivity contribution in [3.05, 3.63) is 34.9 Å². The van der Waals surface area contributed by atoms with E-state index in [-0.39, 0.29) is 30.0 Å². The lowest BCUT2D eigenvalue weighted by atomic mass is 10.0. The first-order chi connectivity index (χ1) is 14.2. The summed E-state index contributed by atoms with van der Waals surface area (Å²) < 4.78 is 16.0. The monoisotopic (exact) mass is 554 g/mol. The molecule has 1 aliphatic heterocycles. The highest BCUT2D eigenvalue weighted by molar-refractivity contribution is 14.0. The maximum Gasteiger partial charge on any atom is 0.191 e. The van der Waals surface area contributed by atoms with Crippen molar-refractivity contribution in [1.82, 2.24) is 15.5 Å². The minimum Gasteiger partial charge on any atom is -0.382 e. The van der Waals surface area contributed by atoms with E-state index in [1.165, 1.54) is 5.56 Å². The van der Waals surface area contributed by atoms with Crippen LogP contribution in [0.2, 0.25) is 5.02 Å². The fraction of sp³-hybridized carbons (Fsp3) is 0.667. The lowest BCUT2D eigenvalue weighted by Crippen LogP contribution is -2.42. The van der Waals surface area contributed by atoms with Gasteiger partial charge < -0.3 is 24.8 Å². The largest absolute Gasteiger partial charge is 0.382 e. The Morgan fingerprint density at radius 3 is 2.73 bits per heavy atom. The van der Waals surface area contributed by atoms with Gasteiger partial charge in [0.1, 0.15) is 0 Å². The quantitative estimate of drug-likeness (QED) is 0.179. The van der Waals surface area contributed by atoms with Crippen LogP contribution in [0.5, 0.6) is 0 Å². The van der Waals surface area contributed by atoms with Crippen molar-refractivity contribution in [1.29, 1.82) is 0 Å². The van der Waals surface area contributed by atoms with Crippen LogP contribution in [0.1, 0.15) is 24.9 Å². The second-order valence-corrected chi connectivity index (χ2v) is 7.26. The maximum atomic E-state index is 6.25. The van der Waals surface area contributed by atoms with Gasteiger partial charge in [-0.2, -0.15) is 0 Å². The molecule has 1 aliphatic rings. The molecule has 1 heterocycles. The van der Waals surface area contributed by atoms with E-state index in [4.69, 9.17) is 30.8 Å². The van der Waals surface area contributed by atoms with E-state index in [1.54, 1.807) is 7.11 Å². The number of hydrogen-bond donors (Lipinski definition) is 2. The first-order valence-corrected chi connectivity index (χ1v) is 10.8. The van der Waals surface area contributed by atoms with Gasteiger partial charge in [0.2, 0.25) is 0 Å². The third-order valence-electron chi connectivity index (χ3n) is 4.68. The Morgan fingerprint density at radius 2 is 2.03 bits per heavy atom. The number of rotatable bonds is 12. The minimum absolute atomic E-state index is 0. The summed E-state index contributed by atoms with van der Waals surface area (Å²) in [6.45, 7) is 9.61. The number of nitrogens with zero attached hydrogens (tertiary/aromatic N) is 2. The zero-order chi connectivity index (χ0) is 20.7. The highest BCUT2D eigenvalue weighted by Crippen LogP contribution is 2.24. The normalized spacial score (nSPS) is 16.0. The molecule has 7 nitrogen and oxygen atoms in total. The van der Waals surface area contributed by atoms with Crippen LogP contribution in [0.4, 0.5) is 0 Å². The fourth-order valence-electron chi connectivity index (χ4n) is 3.18. The summed E-state index contributed by atoms with van der Waals surface area (Å²) in [5, 5.41) is 7.47. The number of benzene rings is 1. The summed E-state index contributed by atoms with van der Waals surface area (Å²) in [6, 6.07) is 8.24. The van der Waals surface area contributed by atoms with Crippen molar-refractivity contribution in [2.75, 3.05) is 72.9 Å². The summed E-state index contributed by atoms with van der Waals surface area (Å²) >= 11 is 6.25. The Kier molecular flexibility index (Phi) is 15.5. The van der Waals surface area contributed by atoms with Gasteiger partial charge in [0.25, 0.3) is 0 Å². The second-order valence-electron chi connectivity index (χ2n) is 6.82. The molecule has 1 saturated heterocycles. The molecule has 0 amide bonds. The van der Waals surface area contributed by atoms with Crippen molar-refractivity contribution in [3.8, 4) is 0 Å². The Balaban J connectivity index is 0.00000450. The van der Waals surface area contributed by atoms with E-state index in [0.29, 0.717) is 26.4 Å². The number of morpholine rings is 1. The third-order valence-corrected chi connectivity index (χ3v) is 4.91. The number of halogens is 2. The predicted octanol–water partition coefficient (Wildman–Crippen LogP) is 2.94. The molecular weight excluding hydrogens is 519 g/mol. The van der Waals surface area contributed by atoms with Crippen molar-refractivity contribution in [2.24, 2.45) is 4.99 Å². The molecular formula is C21H36ClIN4O3. The van der Waals surface area contributed by atoms with Gasteiger partial charge in [-0.1, -0.05) is 23.7 Å². The number of methoxy groups -OCH3 is 1. The van der Waals surface area contributed by atoms with Crippen molar-refractivity contribution < 1.29 is 14.2 Å². The lowest BCUT2D eigenvalue weighted by molar-refractivity contribution is 0.0180. The van der Waals surface area contributed by atoms with Gasteiger partial charge >= 0.3 is 0 Å². The third kappa shape index (κ3) is 10.6. The first kappa shape index (κ1) is 27.4. The Morgan fingerprint density at radius 1 is 1.23 bits per heavy atom. The number of nitrogens with one attached hydrogen (secondary N) is 2.